The van der Waals surface area contributed by atoms with E-state index >= 15 is 0 Å². The summed E-state index contributed by atoms with van der Waals surface area (Å²) >= 11 is 1.53. The lowest BCUT2D eigenvalue weighted by Crippen LogP contribution is -2.32. The summed E-state index contributed by atoms with van der Waals surface area (Å²) in [6.45, 7) is 7.42. The van der Waals surface area contributed by atoms with Crippen molar-refractivity contribution in [3.8, 4) is 17.2 Å². The Hall–Kier alpha value is -2.32. The molecule has 7 nitrogen and oxygen atoms in total. The third kappa shape index (κ3) is 5.00. The number of methoxy groups -OCH3 is 3. The molecular weight excluding hydrogens is 390 g/mol. The summed E-state index contributed by atoms with van der Waals surface area (Å²) in [6.07, 6.45) is 2.48. The fraction of sp³-hybridized carbons (Fsp3) is 0.524. The molecule has 158 valence electrons. The van der Waals surface area contributed by atoms with E-state index in [-0.39, 0.29) is 5.91 Å². The SMILES string of the molecule is COc1cc(C(=O)Nc2nc(C)c(CN3CCC(C)CC3)s2)cc(OC)c1OC. The molecule has 1 aliphatic rings. The average molecular weight is 420 g/mol. The molecule has 29 heavy (non-hydrogen) atoms. The van der Waals surface area contributed by atoms with Gasteiger partial charge in [-0.05, 0) is 50.9 Å². The number of nitrogens with zero attached hydrogens (tertiary/aromatic N) is 2. The minimum absolute atomic E-state index is 0.267. The Bertz CT molecular complexity index is 835. The molecule has 0 radical (unpaired) electrons. The lowest BCUT2D eigenvalue weighted by molar-refractivity contribution is 0.102. The van der Waals surface area contributed by atoms with E-state index in [2.05, 4.69) is 22.1 Å². The van der Waals surface area contributed by atoms with Crippen LogP contribution in [0, 0.1) is 12.8 Å². The maximum atomic E-state index is 12.8. The van der Waals surface area contributed by atoms with Crippen molar-refractivity contribution in [2.45, 2.75) is 33.2 Å². The van der Waals surface area contributed by atoms with Crippen LogP contribution in [0.4, 0.5) is 5.13 Å². The predicted molar refractivity (Wildman–Crippen MR) is 115 cm³/mol. The van der Waals surface area contributed by atoms with Crippen LogP contribution < -0.4 is 19.5 Å². The maximum absolute atomic E-state index is 12.8. The first-order chi connectivity index (χ1) is 13.9. The number of amides is 1. The molecule has 0 aliphatic carbocycles. The predicted octanol–water partition coefficient (Wildman–Crippen LogP) is 3.96. The minimum Gasteiger partial charge on any atom is -0.493 e. The van der Waals surface area contributed by atoms with Crippen LogP contribution in [-0.4, -0.2) is 50.2 Å². The molecule has 2 heterocycles. The second-order valence-corrected chi connectivity index (χ2v) is 8.44. The Labute approximate surface area is 176 Å². The highest BCUT2D eigenvalue weighted by Gasteiger charge is 2.20. The number of hydrogen-bond donors (Lipinski definition) is 1. The molecule has 1 N–H and O–H groups in total. The van der Waals surface area contributed by atoms with E-state index in [9.17, 15) is 4.79 Å². The maximum Gasteiger partial charge on any atom is 0.257 e. The molecule has 0 spiro atoms. The Morgan fingerprint density at radius 1 is 1.17 bits per heavy atom. The smallest absolute Gasteiger partial charge is 0.257 e. The largest absolute Gasteiger partial charge is 0.493 e. The first-order valence-electron chi connectivity index (χ1n) is 9.75. The van der Waals surface area contributed by atoms with Gasteiger partial charge in [0, 0.05) is 17.0 Å². The van der Waals surface area contributed by atoms with Gasteiger partial charge >= 0.3 is 0 Å². The van der Waals surface area contributed by atoms with Crippen LogP contribution in [0.3, 0.4) is 0 Å². The number of piperidine rings is 1. The fourth-order valence-electron chi connectivity index (χ4n) is 3.43. The van der Waals surface area contributed by atoms with Gasteiger partial charge in [-0.2, -0.15) is 0 Å². The second kappa shape index (κ2) is 9.45. The third-order valence-electron chi connectivity index (χ3n) is 5.28. The molecular formula is C21H29N3O4S. The van der Waals surface area contributed by atoms with Gasteiger partial charge in [0.15, 0.2) is 16.6 Å². The van der Waals surface area contributed by atoms with E-state index in [1.54, 1.807) is 12.1 Å². The van der Waals surface area contributed by atoms with Crippen molar-refractivity contribution in [1.29, 1.82) is 0 Å². The van der Waals surface area contributed by atoms with Gasteiger partial charge in [-0.25, -0.2) is 4.98 Å². The number of rotatable bonds is 7. The van der Waals surface area contributed by atoms with Gasteiger partial charge in [0.1, 0.15) is 0 Å². The number of ether oxygens (including phenoxy) is 3. The van der Waals surface area contributed by atoms with E-state index in [1.165, 1.54) is 50.4 Å². The number of aromatic nitrogens is 1. The molecule has 1 aromatic heterocycles. The Morgan fingerprint density at radius 2 is 1.79 bits per heavy atom. The topological polar surface area (TPSA) is 72.9 Å². The molecule has 1 amide bonds. The highest BCUT2D eigenvalue weighted by molar-refractivity contribution is 7.15. The normalized spacial score (nSPS) is 15.2. The van der Waals surface area contributed by atoms with Gasteiger partial charge in [-0.1, -0.05) is 6.92 Å². The van der Waals surface area contributed by atoms with Crippen LogP contribution in [0.25, 0.3) is 0 Å². The minimum atomic E-state index is -0.267. The Kier molecular flexibility index (Phi) is 6.97. The van der Waals surface area contributed by atoms with Crippen molar-refractivity contribution >= 4 is 22.4 Å². The van der Waals surface area contributed by atoms with E-state index in [1.807, 2.05) is 6.92 Å². The van der Waals surface area contributed by atoms with Crippen molar-refractivity contribution in [3.63, 3.8) is 0 Å². The van der Waals surface area contributed by atoms with Crippen molar-refractivity contribution in [2.24, 2.45) is 5.92 Å². The molecule has 1 saturated heterocycles. The molecule has 0 atom stereocenters. The van der Waals surface area contributed by atoms with Crippen LogP contribution in [0.1, 0.15) is 40.7 Å². The quantitative estimate of drug-likeness (QED) is 0.732. The summed E-state index contributed by atoms with van der Waals surface area (Å²) in [5.41, 5.74) is 1.38. The monoisotopic (exact) mass is 419 g/mol. The van der Waals surface area contributed by atoms with E-state index in [0.29, 0.717) is 27.9 Å². The number of carbonyl (C=O) groups excluding carboxylic acids is 1. The van der Waals surface area contributed by atoms with Crippen molar-refractivity contribution in [2.75, 3.05) is 39.7 Å². The number of benzene rings is 1. The fourth-order valence-corrected chi connectivity index (χ4v) is 4.43. The molecule has 0 bridgehead atoms. The molecule has 1 aliphatic heterocycles. The number of aryl methyl sites for hydroxylation is 1. The van der Waals surface area contributed by atoms with Gasteiger partial charge in [0.05, 0.1) is 27.0 Å². The first kappa shape index (κ1) is 21.4. The lowest BCUT2D eigenvalue weighted by Gasteiger charge is -2.29. The summed E-state index contributed by atoms with van der Waals surface area (Å²) in [5.74, 6) is 1.87. The molecule has 3 rings (SSSR count). The summed E-state index contributed by atoms with van der Waals surface area (Å²) in [7, 11) is 4.58. The number of thiazole rings is 1. The number of carbonyl (C=O) groups is 1. The van der Waals surface area contributed by atoms with Crippen LogP contribution >= 0.6 is 11.3 Å². The zero-order valence-corrected chi connectivity index (χ0v) is 18.5. The van der Waals surface area contributed by atoms with Gasteiger partial charge in [0.25, 0.3) is 5.91 Å². The molecule has 0 saturated carbocycles. The van der Waals surface area contributed by atoms with Gasteiger partial charge in [-0.15, -0.1) is 11.3 Å². The summed E-state index contributed by atoms with van der Waals surface area (Å²) in [4.78, 5) is 21.0. The van der Waals surface area contributed by atoms with E-state index in [0.717, 1.165) is 31.2 Å². The molecule has 1 fully saturated rings. The van der Waals surface area contributed by atoms with Crippen molar-refractivity contribution in [3.05, 3.63) is 28.3 Å². The number of likely N-dealkylation sites (tertiary alicyclic amines) is 1. The van der Waals surface area contributed by atoms with Crippen LogP contribution in [0.15, 0.2) is 12.1 Å². The molecule has 1 aromatic carbocycles. The zero-order chi connectivity index (χ0) is 21.0. The standard InChI is InChI=1S/C21H29N3O4S/c1-13-6-8-24(9-7-13)12-18-14(2)22-21(29-18)23-20(25)15-10-16(26-3)19(28-5)17(11-15)27-4/h10-11,13H,6-9,12H2,1-5H3,(H,22,23,25). The van der Waals surface area contributed by atoms with Gasteiger partial charge < -0.3 is 14.2 Å². The third-order valence-corrected chi connectivity index (χ3v) is 6.34. The van der Waals surface area contributed by atoms with E-state index in [4.69, 9.17) is 14.2 Å². The summed E-state index contributed by atoms with van der Waals surface area (Å²) in [5, 5.41) is 3.50. The molecule has 8 heteroatoms. The van der Waals surface area contributed by atoms with Gasteiger partial charge in [0.2, 0.25) is 5.75 Å². The molecule has 0 unspecified atom stereocenters. The Morgan fingerprint density at radius 3 is 2.34 bits per heavy atom. The summed E-state index contributed by atoms with van der Waals surface area (Å²) < 4.78 is 16.0. The first-order valence-corrected chi connectivity index (χ1v) is 10.6. The Balaban J connectivity index is 1.72. The highest BCUT2D eigenvalue weighted by atomic mass is 32.1. The van der Waals surface area contributed by atoms with E-state index < -0.39 is 0 Å². The molecule has 2 aromatic rings. The second-order valence-electron chi connectivity index (χ2n) is 7.35. The van der Waals surface area contributed by atoms with Crippen molar-refractivity contribution < 1.29 is 19.0 Å². The number of anilines is 1. The highest BCUT2D eigenvalue weighted by Crippen LogP contribution is 2.38. The number of nitrogens with one attached hydrogen (secondary N) is 1. The average Bonchev–Trinajstić information content (AvgIpc) is 3.06. The van der Waals surface area contributed by atoms with Crippen LogP contribution in [0.5, 0.6) is 17.2 Å². The van der Waals surface area contributed by atoms with Crippen LogP contribution in [-0.2, 0) is 6.54 Å². The lowest BCUT2D eigenvalue weighted by atomic mass is 9.99. The van der Waals surface area contributed by atoms with Crippen LogP contribution in [0.2, 0.25) is 0 Å². The zero-order valence-electron chi connectivity index (χ0n) is 17.7. The number of hydrogen-bond acceptors (Lipinski definition) is 7. The van der Waals surface area contributed by atoms with Crippen molar-refractivity contribution in [1.82, 2.24) is 9.88 Å². The van der Waals surface area contributed by atoms with Gasteiger partial charge in [-0.3, -0.25) is 15.0 Å². The summed E-state index contributed by atoms with van der Waals surface area (Å²) in [6, 6.07) is 3.26.